The van der Waals surface area contributed by atoms with Gasteiger partial charge in [-0.25, -0.2) is 0 Å². The van der Waals surface area contributed by atoms with Crippen LogP contribution in [0.1, 0.15) is 44.5 Å². The van der Waals surface area contributed by atoms with Gasteiger partial charge in [-0.2, -0.15) is 0 Å². The summed E-state index contributed by atoms with van der Waals surface area (Å²) in [6, 6.07) is 5.54. The molecule has 1 fully saturated rings. The summed E-state index contributed by atoms with van der Waals surface area (Å²) in [5.41, 5.74) is 1.42. The number of nitrogens with one attached hydrogen (secondary N) is 1. The van der Waals surface area contributed by atoms with E-state index in [4.69, 9.17) is 0 Å². The highest BCUT2D eigenvalue weighted by Gasteiger charge is 2.20. The average Bonchev–Trinajstić information content (AvgIpc) is 2.92. The van der Waals surface area contributed by atoms with Crippen molar-refractivity contribution in [1.82, 2.24) is 10.2 Å². The Balaban J connectivity index is 1.73. The fraction of sp³-hybridized carbons (Fsp3) is 0.625. The Morgan fingerprint density at radius 2 is 2.21 bits per heavy atom. The fourth-order valence-electron chi connectivity index (χ4n) is 2.57. The molecule has 1 aliphatic heterocycles. The molecule has 0 aliphatic carbocycles. The van der Waals surface area contributed by atoms with Crippen molar-refractivity contribution < 1.29 is 0 Å². The van der Waals surface area contributed by atoms with Crippen LogP contribution in [0.25, 0.3) is 0 Å². The van der Waals surface area contributed by atoms with Gasteiger partial charge in [0.1, 0.15) is 0 Å². The van der Waals surface area contributed by atoms with Gasteiger partial charge in [0.15, 0.2) is 0 Å². The molecule has 1 unspecified atom stereocenters. The van der Waals surface area contributed by atoms with E-state index in [-0.39, 0.29) is 0 Å². The number of likely N-dealkylation sites (tertiary alicyclic amines) is 1. The molecule has 0 aromatic carbocycles. The van der Waals surface area contributed by atoms with Crippen molar-refractivity contribution in [2.45, 2.75) is 45.7 Å². The Labute approximate surface area is 121 Å². The lowest BCUT2D eigenvalue weighted by Gasteiger charge is -2.33. The monoisotopic (exact) mass is 278 g/mol. The number of rotatable bonds is 5. The van der Waals surface area contributed by atoms with Crippen molar-refractivity contribution in [1.29, 1.82) is 0 Å². The van der Waals surface area contributed by atoms with E-state index in [1.165, 1.54) is 36.4 Å². The van der Waals surface area contributed by atoms with Crippen LogP contribution in [0.3, 0.4) is 0 Å². The molecule has 19 heavy (non-hydrogen) atoms. The van der Waals surface area contributed by atoms with Crippen molar-refractivity contribution in [3.63, 3.8) is 0 Å². The number of thiophene rings is 1. The van der Waals surface area contributed by atoms with E-state index < -0.39 is 0 Å². The predicted molar refractivity (Wildman–Crippen MR) is 84.8 cm³/mol. The van der Waals surface area contributed by atoms with E-state index in [9.17, 15) is 0 Å². The van der Waals surface area contributed by atoms with Crippen molar-refractivity contribution in [3.8, 4) is 0 Å². The third kappa shape index (κ3) is 4.75. The zero-order valence-corrected chi connectivity index (χ0v) is 13.2. The minimum absolute atomic E-state index is 0.495. The van der Waals surface area contributed by atoms with E-state index in [2.05, 4.69) is 54.6 Å². The van der Waals surface area contributed by atoms with Gasteiger partial charge in [0, 0.05) is 23.5 Å². The third-order valence-electron chi connectivity index (χ3n) is 3.80. The SMILES string of the molecule is CC(C)=CCN1CCC(NC(C)c2cccs2)CC1. The molecule has 0 radical (unpaired) electrons. The largest absolute Gasteiger partial charge is 0.307 e. The van der Waals surface area contributed by atoms with Crippen LogP contribution in [0.15, 0.2) is 29.2 Å². The second kappa shape index (κ2) is 7.22. The maximum absolute atomic E-state index is 3.77. The number of allylic oxidation sites excluding steroid dienone is 1. The molecule has 1 N–H and O–H groups in total. The normalized spacial score (nSPS) is 19.3. The molecule has 0 amide bonds. The van der Waals surface area contributed by atoms with E-state index in [0.29, 0.717) is 12.1 Å². The molecule has 0 spiro atoms. The number of nitrogens with zero attached hydrogens (tertiary/aromatic N) is 1. The Bertz CT molecular complexity index is 385. The van der Waals surface area contributed by atoms with Crippen molar-refractivity contribution in [2.24, 2.45) is 0 Å². The molecule has 2 nitrogen and oxygen atoms in total. The van der Waals surface area contributed by atoms with Crippen LogP contribution in [-0.4, -0.2) is 30.6 Å². The van der Waals surface area contributed by atoms with Crippen molar-refractivity contribution >= 4 is 11.3 Å². The van der Waals surface area contributed by atoms with Crippen LogP contribution in [0, 0.1) is 0 Å². The zero-order chi connectivity index (χ0) is 13.7. The summed E-state index contributed by atoms with van der Waals surface area (Å²) in [5, 5.41) is 5.94. The van der Waals surface area contributed by atoms with Crippen molar-refractivity contribution in [3.05, 3.63) is 34.0 Å². The highest BCUT2D eigenvalue weighted by Crippen LogP contribution is 2.21. The molecule has 1 saturated heterocycles. The molecule has 2 rings (SSSR count). The van der Waals surface area contributed by atoms with Gasteiger partial charge in [-0.05, 0) is 58.1 Å². The Morgan fingerprint density at radius 3 is 2.79 bits per heavy atom. The van der Waals surface area contributed by atoms with E-state index in [1.54, 1.807) is 0 Å². The maximum Gasteiger partial charge on any atom is 0.0388 e. The first-order valence-electron chi connectivity index (χ1n) is 7.30. The summed E-state index contributed by atoms with van der Waals surface area (Å²) in [5.74, 6) is 0. The average molecular weight is 278 g/mol. The number of hydrogen-bond acceptors (Lipinski definition) is 3. The number of piperidine rings is 1. The van der Waals surface area contributed by atoms with Crippen LogP contribution < -0.4 is 5.32 Å². The van der Waals surface area contributed by atoms with Gasteiger partial charge in [-0.15, -0.1) is 11.3 Å². The van der Waals surface area contributed by atoms with Crippen molar-refractivity contribution in [2.75, 3.05) is 19.6 Å². The number of hydrogen-bond donors (Lipinski definition) is 1. The van der Waals surface area contributed by atoms with Crippen LogP contribution in [0.2, 0.25) is 0 Å². The second-order valence-electron chi connectivity index (χ2n) is 5.76. The zero-order valence-electron chi connectivity index (χ0n) is 12.4. The third-order valence-corrected chi connectivity index (χ3v) is 4.86. The molecule has 1 aliphatic rings. The molecular formula is C16H26N2S. The fourth-order valence-corrected chi connectivity index (χ4v) is 3.31. The van der Waals surface area contributed by atoms with Gasteiger partial charge < -0.3 is 5.32 Å². The summed E-state index contributed by atoms with van der Waals surface area (Å²) >= 11 is 1.85. The molecule has 1 aromatic heterocycles. The molecule has 106 valence electrons. The van der Waals surface area contributed by atoms with E-state index in [0.717, 1.165) is 6.54 Å². The quantitative estimate of drug-likeness (QED) is 0.824. The summed E-state index contributed by atoms with van der Waals surface area (Å²) in [7, 11) is 0. The highest BCUT2D eigenvalue weighted by molar-refractivity contribution is 7.10. The van der Waals surface area contributed by atoms with E-state index >= 15 is 0 Å². The molecule has 3 heteroatoms. The first-order valence-corrected chi connectivity index (χ1v) is 8.18. The topological polar surface area (TPSA) is 15.3 Å². The summed E-state index contributed by atoms with van der Waals surface area (Å²) in [4.78, 5) is 4.01. The molecular weight excluding hydrogens is 252 g/mol. The lowest BCUT2D eigenvalue weighted by molar-refractivity contribution is 0.208. The summed E-state index contributed by atoms with van der Waals surface area (Å²) < 4.78 is 0. The van der Waals surface area contributed by atoms with Gasteiger partial charge in [-0.1, -0.05) is 17.7 Å². The molecule has 0 saturated carbocycles. The van der Waals surface area contributed by atoms with Crippen LogP contribution in [-0.2, 0) is 0 Å². The first-order chi connectivity index (χ1) is 9.15. The lowest BCUT2D eigenvalue weighted by Crippen LogP contribution is -2.43. The van der Waals surface area contributed by atoms with E-state index in [1.807, 2.05) is 11.3 Å². The lowest BCUT2D eigenvalue weighted by atomic mass is 10.0. The van der Waals surface area contributed by atoms with Crippen LogP contribution in [0.5, 0.6) is 0 Å². The van der Waals surface area contributed by atoms with Crippen LogP contribution >= 0.6 is 11.3 Å². The maximum atomic E-state index is 3.77. The predicted octanol–water partition coefficient (Wildman–Crippen LogP) is 3.83. The van der Waals surface area contributed by atoms with Gasteiger partial charge in [0.2, 0.25) is 0 Å². The second-order valence-corrected chi connectivity index (χ2v) is 6.74. The molecule has 1 atom stereocenters. The standard InChI is InChI=1S/C16H26N2S/c1-13(2)6-9-18-10-7-15(8-11-18)17-14(3)16-5-4-12-19-16/h4-6,12,14-15,17H,7-11H2,1-3H3. The molecule has 2 heterocycles. The van der Waals surface area contributed by atoms with Gasteiger partial charge in [0.05, 0.1) is 0 Å². The smallest absolute Gasteiger partial charge is 0.0388 e. The Morgan fingerprint density at radius 1 is 1.47 bits per heavy atom. The molecule has 1 aromatic rings. The summed E-state index contributed by atoms with van der Waals surface area (Å²) in [6.07, 6.45) is 4.88. The highest BCUT2D eigenvalue weighted by atomic mass is 32.1. The minimum atomic E-state index is 0.495. The minimum Gasteiger partial charge on any atom is -0.307 e. The van der Waals surface area contributed by atoms with Crippen LogP contribution in [0.4, 0.5) is 0 Å². The summed E-state index contributed by atoms with van der Waals surface area (Å²) in [6.45, 7) is 10.2. The Kier molecular flexibility index (Phi) is 5.61. The van der Waals surface area contributed by atoms with Gasteiger partial charge >= 0.3 is 0 Å². The molecule has 0 bridgehead atoms. The Hall–Kier alpha value is -0.640. The van der Waals surface area contributed by atoms with Gasteiger partial charge in [-0.3, -0.25) is 4.90 Å². The van der Waals surface area contributed by atoms with Gasteiger partial charge in [0.25, 0.3) is 0 Å². The first kappa shape index (κ1) is 14.8.